The molecule has 26 heavy (non-hydrogen) atoms. The molecule has 128 valence electrons. The lowest BCUT2D eigenvalue weighted by atomic mass is 9.97. The first-order valence-corrected chi connectivity index (χ1v) is 8.38. The minimum absolute atomic E-state index is 0.398. The molecule has 0 N–H and O–H groups in total. The lowest BCUT2D eigenvalue weighted by Gasteiger charge is -2.10. The van der Waals surface area contributed by atoms with Crippen LogP contribution < -0.4 is 0 Å². The fourth-order valence-electron chi connectivity index (χ4n) is 2.41. The Balaban J connectivity index is 1.96. The predicted molar refractivity (Wildman–Crippen MR) is 101 cm³/mol. The Hall–Kier alpha value is -3.11. The quantitative estimate of drug-likeness (QED) is 0.327. The van der Waals surface area contributed by atoms with Crippen LogP contribution in [0.4, 0.5) is 5.69 Å². The summed E-state index contributed by atoms with van der Waals surface area (Å²) in [5, 5.41) is 8.62. The summed E-state index contributed by atoms with van der Waals surface area (Å²) in [7, 11) is 0. The van der Waals surface area contributed by atoms with Gasteiger partial charge in [-0.3, -0.25) is 9.59 Å². The highest BCUT2D eigenvalue weighted by atomic mass is 35.5. The number of hydrogen-bond donors (Lipinski definition) is 0. The molecule has 0 aliphatic rings. The van der Waals surface area contributed by atoms with Crippen molar-refractivity contribution in [2.45, 2.75) is 6.04 Å². The van der Waals surface area contributed by atoms with Gasteiger partial charge in [0.2, 0.25) is 0 Å². The maximum Gasteiger partial charge on any atom is 0.197 e. The van der Waals surface area contributed by atoms with Gasteiger partial charge in [-0.05, 0) is 18.2 Å². The summed E-state index contributed by atoms with van der Waals surface area (Å²) in [6.07, 6.45) is 0. The Morgan fingerprint density at radius 2 is 1.27 bits per heavy atom. The van der Waals surface area contributed by atoms with Crippen LogP contribution in [0.15, 0.2) is 95.2 Å². The monoisotopic (exact) mass is 362 g/mol. The molecule has 0 fully saturated rings. The van der Waals surface area contributed by atoms with E-state index in [0.717, 1.165) is 0 Å². The molecule has 0 aromatic heterocycles. The molecular formula is C21H15ClN2O2. The molecule has 0 saturated carbocycles. The number of Topliss-reactive ketones (excluding diaryl/α,β-unsaturated/α-hetero) is 2. The predicted octanol–water partition coefficient (Wildman–Crippen LogP) is 5.56. The fourth-order valence-corrected chi connectivity index (χ4v) is 2.59. The first-order chi connectivity index (χ1) is 12.6. The van der Waals surface area contributed by atoms with Crippen molar-refractivity contribution >= 4 is 28.9 Å². The molecule has 0 saturated heterocycles. The number of nitrogens with zero attached hydrogens (tertiary/aromatic N) is 2. The van der Waals surface area contributed by atoms with E-state index in [2.05, 4.69) is 10.2 Å². The molecule has 0 bridgehead atoms. The van der Waals surface area contributed by atoms with Gasteiger partial charge in [-0.25, -0.2) is 0 Å². The lowest BCUT2D eigenvalue weighted by Crippen LogP contribution is -2.28. The van der Waals surface area contributed by atoms with Crippen LogP contribution in [-0.4, -0.2) is 17.6 Å². The fraction of sp³-hybridized carbons (Fsp3) is 0.0476. The molecule has 0 amide bonds. The molecule has 5 heteroatoms. The van der Waals surface area contributed by atoms with E-state index < -0.39 is 17.6 Å². The molecule has 0 aliphatic heterocycles. The third-order valence-electron chi connectivity index (χ3n) is 3.71. The summed E-state index contributed by atoms with van der Waals surface area (Å²) in [5.41, 5.74) is 1.29. The van der Waals surface area contributed by atoms with Crippen molar-refractivity contribution in [3.63, 3.8) is 0 Å². The zero-order valence-electron chi connectivity index (χ0n) is 13.7. The molecule has 0 aliphatic carbocycles. The van der Waals surface area contributed by atoms with Gasteiger partial charge in [-0.15, -0.1) is 0 Å². The number of rotatable bonds is 6. The summed E-state index contributed by atoms with van der Waals surface area (Å²) >= 11 is 5.94. The number of benzene rings is 3. The normalized spacial score (nSPS) is 11.0. The van der Waals surface area contributed by atoms with Gasteiger partial charge in [0.05, 0.1) is 5.69 Å². The van der Waals surface area contributed by atoms with E-state index in [1.807, 2.05) is 0 Å². The highest BCUT2D eigenvalue weighted by Crippen LogP contribution is 2.20. The van der Waals surface area contributed by atoms with E-state index in [9.17, 15) is 9.59 Å². The molecule has 4 nitrogen and oxygen atoms in total. The van der Waals surface area contributed by atoms with E-state index in [-0.39, 0.29) is 0 Å². The standard InChI is InChI=1S/C21H15ClN2O2/c22-17-12-7-13-18(14-17)23-24-19(20(25)15-8-3-1-4-9-15)21(26)16-10-5-2-6-11-16/h1-14,19H. The highest BCUT2D eigenvalue weighted by Gasteiger charge is 2.28. The van der Waals surface area contributed by atoms with Crippen LogP contribution in [0.3, 0.4) is 0 Å². The molecule has 3 rings (SSSR count). The molecule has 3 aromatic rings. The summed E-state index contributed by atoms with van der Waals surface area (Å²) in [4.78, 5) is 25.7. The second kappa shape index (κ2) is 8.32. The zero-order valence-corrected chi connectivity index (χ0v) is 14.5. The van der Waals surface area contributed by atoms with Gasteiger partial charge >= 0.3 is 0 Å². The van der Waals surface area contributed by atoms with Gasteiger partial charge in [0.25, 0.3) is 0 Å². The SMILES string of the molecule is O=C(c1ccccc1)C(N=Nc1cccc(Cl)c1)C(=O)c1ccccc1. The van der Waals surface area contributed by atoms with Crippen molar-refractivity contribution in [3.05, 3.63) is 101 Å². The highest BCUT2D eigenvalue weighted by molar-refractivity contribution is 6.30. The zero-order chi connectivity index (χ0) is 18.4. The van der Waals surface area contributed by atoms with Gasteiger partial charge in [-0.2, -0.15) is 10.2 Å². The van der Waals surface area contributed by atoms with Gasteiger partial charge in [0.1, 0.15) is 0 Å². The number of hydrogen-bond acceptors (Lipinski definition) is 4. The van der Waals surface area contributed by atoms with Crippen molar-refractivity contribution in [3.8, 4) is 0 Å². The number of halogens is 1. The third-order valence-corrected chi connectivity index (χ3v) is 3.95. The van der Waals surface area contributed by atoms with Crippen LogP contribution in [0.1, 0.15) is 20.7 Å². The second-order valence-corrected chi connectivity index (χ2v) is 5.99. The van der Waals surface area contributed by atoms with Crippen molar-refractivity contribution in [1.82, 2.24) is 0 Å². The molecule has 0 atom stereocenters. The summed E-state index contributed by atoms with van der Waals surface area (Å²) < 4.78 is 0. The first-order valence-electron chi connectivity index (χ1n) is 8.00. The smallest absolute Gasteiger partial charge is 0.197 e. The number of carbonyl (C=O) groups is 2. The summed E-state index contributed by atoms with van der Waals surface area (Å²) in [6, 6.07) is 22.7. The Labute approximate surface area is 156 Å². The molecule has 0 spiro atoms. The van der Waals surface area contributed by atoms with Crippen LogP contribution in [0.25, 0.3) is 0 Å². The van der Waals surface area contributed by atoms with Crippen LogP contribution in [0.5, 0.6) is 0 Å². The third kappa shape index (κ3) is 4.29. The number of carbonyl (C=O) groups excluding carboxylic acids is 2. The van der Waals surface area contributed by atoms with Crippen LogP contribution in [0.2, 0.25) is 5.02 Å². The van der Waals surface area contributed by atoms with Crippen molar-refractivity contribution in [1.29, 1.82) is 0 Å². The van der Waals surface area contributed by atoms with E-state index in [0.29, 0.717) is 21.8 Å². The van der Waals surface area contributed by atoms with Gasteiger partial charge < -0.3 is 0 Å². The Morgan fingerprint density at radius 3 is 1.77 bits per heavy atom. The Bertz CT molecular complexity index is 889. The second-order valence-electron chi connectivity index (χ2n) is 5.56. The summed E-state index contributed by atoms with van der Waals surface area (Å²) in [5.74, 6) is -0.796. The van der Waals surface area contributed by atoms with E-state index in [4.69, 9.17) is 11.6 Å². The number of ketones is 2. The van der Waals surface area contributed by atoms with Crippen LogP contribution in [0, 0.1) is 0 Å². The Morgan fingerprint density at radius 1 is 0.731 bits per heavy atom. The average molecular weight is 363 g/mol. The van der Waals surface area contributed by atoms with E-state index >= 15 is 0 Å². The largest absolute Gasteiger partial charge is 0.291 e. The number of azo groups is 1. The van der Waals surface area contributed by atoms with Crippen LogP contribution >= 0.6 is 11.6 Å². The van der Waals surface area contributed by atoms with Gasteiger partial charge in [0, 0.05) is 16.1 Å². The van der Waals surface area contributed by atoms with Gasteiger partial charge in [0.15, 0.2) is 17.6 Å². The maximum atomic E-state index is 12.8. The molecule has 0 unspecified atom stereocenters. The van der Waals surface area contributed by atoms with E-state index in [1.54, 1.807) is 84.9 Å². The topological polar surface area (TPSA) is 58.9 Å². The van der Waals surface area contributed by atoms with Crippen molar-refractivity contribution in [2.24, 2.45) is 10.2 Å². The maximum absolute atomic E-state index is 12.8. The Kier molecular flexibility index (Phi) is 5.66. The van der Waals surface area contributed by atoms with Crippen LogP contribution in [-0.2, 0) is 0 Å². The van der Waals surface area contributed by atoms with Gasteiger partial charge in [-0.1, -0.05) is 78.3 Å². The summed E-state index contributed by atoms with van der Waals surface area (Å²) in [6.45, 7) is 0. The molecular weight excluding hydrogens is 348 g/mol. The molecule has 0 radical (unpaired) electrons. The van der Waals surface area contributed by atoms with E-state index in [1.165, 1.54) is 0 Å². The lowest BCUT2D eigenvalue weighted by molar-refractivity contribution is 0.0861. The average Bonchev–Trinajstić information content (AvgIpc) is 2.69. The molecule has 0 heterocycles. The minimum atomic E-state index is -1.25. The molecule has 3 aromatic carbocycles. The van der Waals surface area contributed by atoms with Crippen molar-refractivity contribution < 1.29 is 9.59 Å². The minimum Gasteiger partial charge on any atom is -0.291 e. The van der Waals surface area contributed by atoms with Crippen molar-refractivity contribution in [2.75, 3.05) is 0 Å². The first kappa shape index (κ1) is 17.7.